The second-order valence-corrected chi connectivity index (χ2v) is 5.46. The smallest absolute Gasteiger partial charge is 0.321 e. The number of carbonyl (C=O) groups excluding carboxylic acids is 1. The van der Waals surface area contributed by atoms with Gasteiger partial charge in [0.1, 0.15) is 0 Å². The average Bonchev–Trinajstić information content (AvgIpc) is 2.86. The third-order valence-electron chi connectivity index (χ3n) is 3.33. The Morgan fingerprint density at radius 1 is 1.35 bits per heavy atom. The molecular formula is C15H17ClN4O3. The maximum absolute atomic E-state index is 12.0. The minimum absolute atomic E-state index is 0.104. The Morgan fingerprint density at radius 3 is 2.61 bits per heavy atom. The van der Waals surface area contributed by atoms with Crippen molar-refractivity contribution >= 4 is 29.3 Å². The van der Waals surface area contributed by atoms with Gasteiger partial charge < -0.3 is 15.3 Å². The van der Waals surface area contributed by atoms with Crippen LogP contribution in [0.2, 0.25) is 5.02 Å². The average molecular weight is 337 g/mol. The molecule has 1 aromatic carbocycles. The van der Waals surface area contributed by atoms with Gasteiger partial charge in [0.25, 0.3) is 0 Å². The van der Waals surface area contributed by atoms with Crippen molar-refractivity contribution in [1.82, 2.24) is 14.7 Å². The molecule has 122 valence electrons. The molecule has 0 aliphatic heterocycles. The number of hydrogen-bond acceptors (Lipinski definition) is 3. The number of halogens is 1. The first-order valence-electron chi connectivity index (χ1n) is 6.93. The Morgan fingerprint density at radius 2 is 2.00 bits per heavy atom. The first kappa shape index (κ1) is 16.8. The second kappa shape index (κ2) is 7.15. The predicted molar refractivity (Wildman–Crippen MR) is 87.2 cm³/mol. The Bertz CT molecular complexity index is 712. The topological polar surface area (TPSA) is 87.5 Å². The van der Waals surface area contributed by atoms with Crippen molar-refractivity contribution in [3.8, 4) is 5.69 Å². The van der Waals surface area contributed by atoms with Crippen LogP contribution in [-0.4, -0.2) is 45.4 Å². The molecule has 8 heteroatoms. The molecule has 0 bridgehead atoms. The van der Waals surface area contributed by atoms with Gasteiger partial charge in [-0.15, -0.1) is 0 Å². The normalized spacial score (nSPS) is 10.4. The van der Waals surface area contributed by atoms with E-state index in [-0.39, 0.29) is 19.0 Å². The number of nitrogens with zero attached hydrogens (tertiary/aromatic N) is 3. The highest BCUT2D eigenvalue weighted by Gasteiger charge is 2.14. The molecule has 0 spiro atoms. The van der Waals surface area contributed by atoms with Crippen molar-refractivity contribution in [1.29, 1.82) is 0 Å². The highest BCUT2D eigenvalue weighted by atomic mass is 35.5. The highest BCUT2D eigenvalue weighted by Crippen LogP contribution is 2.20. The SMILES string of the molecule is Cc1c(NC(=O)N(C)CCC(=O)O)cnn1-c1ccc(Cl)cc1. The van der Waals surface area contributed by atoms with Gasteiger partial charge in [-0.1, -0.05) is 11.6 Å². The summed E-state index contributed by atoms with van der Waals surface area (Å²) in [4.78, 5) is 23.9. The van der Waals surface area contributed by atoms with Crippen LogP contribution in [0.3, 0.4) is 0 Å². The van der Waals surface area contributed by atoms with Gasteiger partial charge in [-0.3, -0.25) is 4.79 Å². The van der Waals surface area contributed by atoms with Crippen LogP contribution in [0.15, 0.2) is 30.5 Å². The van der Waals surface area contributed by atoms with Gasteiger partial charge in [0, 0.05) is 18.6 Å². The Kier molecular flexibility index (Phi) is 5.23. The lowest BCUT2D eigenvalue weighted by Crippen LogP contribution is -2.33. The zero-order valence-corrected chi connectivity index (χ0v) is 13.5. The maximum Gasteiger partial charge on any atom is 0.321 e. The van der Waals surface area contributed by atoms with Crippen LogP contribution in [0.4, 0.5) is 10.5 Å². The quantitative estimate of drug-likeness (QED) is 0.878. The maximum atomic E-state index is 12.0. The van der Waals surface area contributed by atoms with Crippen LogP contribution in [0.5, 0.6) is 0 Å². The molecule has 0 aliphatic carbocycles. The van der Waals surface area contributed by atoms with Gasteiger partial charge in [-0.05, 0) is 31.2 Å². The minimum atomic E-state index is -0.948. The van der Waals surface area contributed by atoms with E-state index in [9.17, 15) is 9.59 Å². The third-order valence-corrected chi connectivity index (χ3v) is 3.58. The first-order chi connectivity index (χ1) is 10.9. The van der Waals surface area contributed by atoms with E-state index in [4.69, 9.17) is 16.7 Å². The number of carbonyl (C=O) groups is 2. The van der Waals surface area contributed by atoms with Crippen LogP contribution in [-0.2, 0) is 4.79 Å². The molecule has 1 heterocycles. The van der Waals surface area contributed by atoms with E-state index >= 15 is 0 Å². The van der Waals surface area contributed by atoms with Crippen LogP contribution in [0.25, 0.3) is 5.69 Å². The fraction of sp³-hybridized carbons (Fsp3) is 0.267. The molecule has 0 radical (unpaired) electrons. The lowest BCUT2D eigenvalue weighted by Gasteiger charge is -2.16. The molecule has 0 saturated heterocycles. The summed E-state index contributed by atoms with van der Waals surface area (Å²) in [5, 5.41) is 16.2. The number of aliphatic carboxylic acids is 1. The molecule has 0 unspecified atom stereocenters. The standard InChI is InChI=1S/C15H17ClN4O3/c1-10-13(18-15(23)19(2)8-7-14(21)22)9-17-20(10)12-5-3-11(16)4-6-12/h3-6,9H,7-8H2,1-2H3,(H,18,23)(H,21,22). The number of urea groups is 1. The number of carboxylic acids is 1. The van der Waals surface area contributed by atoms with Gasteiger partial charge in [0.2, 0.25) is 0 Å². The van der Waals surface area contributed by atoms with Crippen molar-refractivity contribution in [3.05, 3.63) is 41.2 Å². The molecule has 23 heavy (non-hydrogen) atoms. The second-order valence-electron chi connectivity index (χ2n) is 5.03. The van der Waals surface area contributed by atoms with Gasteiger partial charge in [-0.2, -0.15) is 5.10 Å². The lowest BCUT2D eigenvalue weighted by atomic mass is 10.3. The molecule has 0 fully saturated rings. The van der Waals surface area contributed by atoms with E-state index in [2.05, 4.69) is 10.4 Å². The number of rotatable bonds is 5. The molecule has 2 amide bonds. The molecule has 0 saturated carbocycles. The van der Waals surface area contributed by atoms with Crippen LogP contribution in [0, 0.1) is 6.92 Å². The fourth-order valence-corrected chi connectivity index (χ4v) is 2.08. The number of anilines is 1. The number of amides is 2. The van der Waals surface area contributed by atoms with Crippen LogP contribution >= 0.6 is 11.6 Å². The number of benzene rings is 1. The fourth-order valence-electron chi connectivity index (χ4n) is 1.95. The Balaban J connectivity index is 2.08. The summed E-state index contributed by atoms with van der Waals surface area (Å²) < 4.78 is 1.68. The van der Waals surface area contributed by atoms with E-state index in [1.54, 1.807) is 23.0 Å². The minimum Gasteiger partial charge on any atom is -0.481 e. The van der Waals surface area contributed by atoms with Crippen LogP contribution < -0.4 is 5.32 Å². The molecule has 0 atom stereocenters. The van der Waals surface area contributed by atoms with E-state index in [0.29, 0.717) is 10.7 Å². The number of nitrogens with one attached hydrogen (secondary N) is 1. The van der Waals surface area contributed by atoms with E-state index in [0.717, 1.165) is 11.4 Å². The summed E-state index contributed by atoms with van der Waals surface area (Å²) in [6.07, 6.45) is 1.44. The summed E-state index contributed by atoms with van der Waals surface area (Å²) in [7, 11) is 1.54. The number of aromatic nitrogens is 2. The Labute approximate surface area is 138 Å². The lowest BCUT2D eigenvalue weighted by molar-refractivity contribution is -0.137. The van der Waals surface area contributed by atoms with Gasteiger partial charge in [0.15, 0.2) is 0 Å². The zero-order valence-electron chi connectivity index (χ0n) is 12.8. The zero-order chi connectivity index (χ0) is 17.0. The summed E-state index contributed by atoms with van der Waals surface area (Å²) >= 11 is 5.87. The molecule has 2 N–H and O–H groups in total. The van der Waals surface area contributed by atoms with E-state index < -0.39 is 5.97 Å². The van der Waals surface area contributed by atoms with Gasteiger partial charge in [0.05, 0.1) is 29.7 Å². The third kappa shape index (κ3) is 4.23. The van der Waals surface area contributed by atoms with Crippen molar-refractivity contribution in [2.45, 2.75) is 13.3 Å². The van der Waals surface area contributed by atoms with Crippen molar-refractivity contribution in [2.24, 2.45) is 0 Å². The van der Waals surface area contributed by atoms with E-state index in [1.165, 1.54) is 11.9 Å². The van der Waals surface area contributed by atoms with Crippen LogP contribution in [0.1, 0.15) is 12.1 Å². The molecule has 2 aromatic rings. The monoisotopic (exact) mass is 336 g/mol. The number of carboxylic acid groups (broad SMARTS) is 1. The van der Waals surface area contributed by atoms with Crippen molar-refractivity contribution in [2.75, 3.05) is 18.9 Å². The summed E-state index contributed by atoms with van der Waals surface area (Å²) in [6, 6.07) is 6.79. The number of hydrogen-bond donors (Lipinski definition) is 2. The Hall–Kier alpha value is -2.54. The van der Waals surface area contributed by atoms with Crippen molar-refractivity contribution < 1.29 is 14.7 Å². The van der Waals surface area contributed by atoms with E-state index in [1.807, 2.05) is 19.1 Å². The molecule has 7 nitrogen and oxygen atoms in total. The highest BCUT2D eigenvalue weighted by molar-refractivity contribution is 6.30. The molecule has 0 aliphatic rings. The van der Waals surface area contributed by atoms with Gasteiger partial charge >= 0.3 is 12.0 Å². The summed E-state index contributed by atoms with van der Waals surface area (Å²) in [5.41, 5.74) is 2.14. The largest absolute Gasteiger partial charge is 0.481 e. The molecule has 1 aromatic heterocycles. The molecule has 2 rings (SSSR count). The molecular weight excluding hydrogens is 320 g/mol. The summed E-state index contributed by atoms with van der Waals surface area (Å²) in [5.74, 6) is -0.948. The van der Waals surface area contributed by atoms with Crippen molar-refractivity contribution in [3.63, 3.8) is 0 Å². The summed E-state index contributed by atoms with van der Waals surface area (Å²) in [6.45, 7) is 1.96. The van der Waals surface area contributed by atoms with Gasteiger partial charge in [-0.25, -0.2) is 9.48 Å². The predicted octanol–water partition coefficient (Wildman–Crippen LogP) is 2.77. The first-order valence-corrected chi connectivity index (χ1v) is 7.30.